The van der Waals surface area contributed by atoms with Gasteiger partial charge in [0.25, 0.3) is 0 Å². The van der Waals surface area contributed by atoms with Crippen LogP contribution in [0.4, 0.5) is 5.13 Å². The van der Waals surface area contributed by atoms with Gasteiger partial charge in [-0.2, -0.15) is 0 Å². The predicted molar refractivity (Wildman–Crippen MR) is 104 cm³/mol. The molecule has 3 nitrogen and oxygen atoms in total. The molecule has 0 aliphatic heterocycles. The molecule has 0 radical (unpaired) electrons. The van der Waals surface area contributed by atoms with Crippen molar-refractivity contribution in [1.29, 1.82) is 0 Å². The minimum Gasteiger partial charge on any atom is -0.302 e. The first-order chi connectivity index (χ1) is 11.6. The zero-order valence-corrected chi connectivity index (χ0v) is 15.6. The first-order valence-corrected chi connectivity index (χ1v) is 9.83. The Bertz CT molecular complexity index is 846. The fourth-order valence-electron chi connectivity index (χ4n) is 2.22. The Morgan fingerprint density at radius 1 is 1.25 bits per heavy atom. The molecule has 0 bridgehead atoms. The van der Waals surface area contributed by atoms with Crippen LogP contribution in [-0.2, 0) is 4.79 Å². The lowest BCUT2D eigenvalue weighted by Gasteiger charge is -2.02. The number of hydrogen-bond donors (Lipinski definition) is 1. The number of aromatic nitrogens is 1. The highest BCUT2D eigenvalue weighted by molar-refractivity contribution is 7.99. The third-order valence-corrected chi connectivity index (χ3v) is 5.70. The maximum Gasteiger partial charge on any atom is 0.226 e. The number of nitrogens with one attached hydrogen (secondary N) is 1. The molecule has 6 heteroatoms. The van der Waals surface area contributed by atoms with Crippen molar-refractivity contribution in [2.24, 2.45) is 0 Å². The fourth-order valence-corrected chi connectivity index (χ4v) is 4.18. The van der Waals surface area contributed by atoms with Gasteiger partial charge < -0.3 is 5.32 Å². The lowest BCUT2D eigenvalue weighted by atomic mass is 10.2. The Labute approximate surface area is 154 Å². The van der Waals surface area contributed by atoms with Crippen LogP contribution in [0.3, 0.4) is 0 Å². The number of thioether (sulfide) groups is 1. The molecule has 1 amide bonds. The van der Waals surface area contributed by atoms with Gasteiger partial charge in [-0.3, -0.25) is 4.79 Å². The SMILES string of the molecule is Cc1ccc2nc(NC(=O)CCCSc3ccc(Cl)cc3)sc2c1. The molecule has 2 aromatic carbocycles. The summed E-state index contributed by atoms with van der Waals surface area (Å²) in [6.45, 7) is 2.05. The molecule has 24 heavy (non-hydrogen) atoms. The van der Waals surface area contributed by atoms with E-state index in [1.54, 1.807) is 11.8 Å². The Kier molecular flexibility index (Phi) is 5.76. The normalized spacial score (nSPS) is 10.9. The Morgan fingerprint density at radius 2 is 2.04 bits per heavy atom. The van der Waals surface area contributed by atoms with Crippen molar-refractivity contribution in [3.8, 4) is 0 Å². The van der Waals surface area contributed by atoms with E-state index in [9.17, 15) is 4.79 Å². The van der Waals surface area contributed by atoms with Gasteiger partial charge in [0.1, 0.15) is 0 Å². The first kappa shape index (κ1) is 17.3. The number of anilines is 1. The summed E-state index contributed by atoms with van der Waals surface area (Å²) in [4.78, 5) is 17.7. The molecule has 124 valence electrons. The zero-order valence-electron chi connectivity index (χ0n) is 13.2. The van der Waals surface area contributed by atoms with Crippen molar-refractivity contribution in [2.45, 2.75) is 24.7 Å². The molecule has 0 saturated carbocycles. The van der Waals surface area contributed by atoms with Crippen molar-refractivity contribution in [3.63, 3.8) is 0 Å². The monoisotopic (exact) mass is 376 g/mol. The van der Waals surface area contributed by atoms with E-state index in [0.29, 0.717) is 11.6 Å². The van der Waals surface area contributed by atoms with Crippen LogP contribution >= 0.6 is 34.7 Å². The molecular weight excluding hydrogens is 360 g/mol. The van der Waals surface area contributed by atoms with Crippen molar-refractivity contribution >= 4 is 56.0 Å². The van der Waals surface area contributed by atoms with Crippen LogP contribution in [0.15, 0.2) is 47.4 Å². The summed E-state index contributed by atoms with van der Waals surface area (Å²) in [5.74, 6) is 0.913. The van der Waals surface area contributed by atoms with Gasteiger partial charge >= 0.3 is 0 Å². The van der Waals surface area contributed by atoms with Crippen LogP contribution in [0.5, 0.6) is 0 Å². The van der Waals surface area contributed by atoms with Crippen LogP contribution in [-0.4, -0.2) is 16.6 Å². The zero-order chi connectivity index (χ0) is 16.9. The van der Waals surface area contributed by atoms with Gasteiger partial charge in [-0.25, -0.2) is 4.98 Å². The van der Waals surface area contributed by atoms with E-state index < -0.39 is 0 Å². The largest absolute Gasteiger partial charge is 0.302 e. The number of hydrogen-bond acceptors (Lipinski definition) is 4. The molecule has 3 rings (SSSR count). The summed E-state index contributed by atoms with van der Waals surface area (Å²) in [5, 5.41) is 4.31. The van der Waals surface area contributed by atoms with Gasteiger partial charge in [0.2, 0.25) is 5.91 Å². The number of aryl methyl sites for hydroxylation is 1. The lowest BCUT2D eigenvalue weighted by Crippen LogP contribution is -2.11. The second-order valence-electron chi connectivity index (χ2n) is 5.44. The molecule has 0 atom stereocenters. The van der Waals surface area contributed by atoms with E-state index in [1.165, 1.54) is 21.8 Å². The summed E-state index contributed by atoms with van der Waals surface area (Å²) in [5.41, 5.74) is 2.13. The number of benzene rings is 2. The molecule has 1 N–H and O–H groups in total. The third-order valence-electron chi connectivity index (χ3n) is 3.42. The van der Waals surface area contributed by atoms with Crippen molar-refractivity contribution in [2.75, 3.05) is 11.1 Å². The predicted octanol–water partition coefficient (Wildman–Crippen LogP) is 5.77. The average molecular weight is 377 g/mol. The molecule has 1 aromatic heterocycles. The van der Waals surface area contributed by atoms with E-state index in [-0.39, 0.29) is 5.91 Å². The maximum atomic E-state index is 12.0. The van der Waals surface area contributed by atoms with E-state index in [2.05, 4.69) is 23.3 Å². The van der Waals surface area contributed by atoms with Gasteiger partial charge in [0, 0.05) is 16.3 Å². The molecule has 0 unspecified atom stereocenters. The molecule has 0 saturated heterocycles. The van der Waals surface area contributed by atoms with Crippen LogP contribution in [0, 0.1) is 6.92 Å². The molecule has 0 fully saturated rings. The number of thiazole rings is 1. The Morgan fingerprint density at radius 3 is 2.83 bits per heavy atom. The summed E-state index contributed by atoms with van der Waals surface area (Å²) in [7, 11) is 0. The Hall–Kier alpha value is -1.56. The topological polar surface area (TPSA) is 42.0 Å². The quantitative estimate of drug-likeness (QED) is 0.438. The number of carbonyl (C=O) groups excluding carboxylic acids is 1. The van der Waals surface area contributed by atoms with Gasteiger partial charge in [-0.15, -0.1) is 11.8 Å². The number of amides is 1. The number of halogens is 1. The molecular formula is C18H17ClN2OS2. The summed E-state index contributed by atoms with van der Waals surface area (Å²) >= 11 is 9.11. The third kappa shape index (κ3) is 4.72. The van der Waals surface area contributed by atoms with E-state index in [4.69, 9.17) is 11.6 Å². The van der Waals surface area contributed by atoms with Crippen LogP contribution in [0.1, 0.15) is 18.4 Å². The van der Waals surface area contributed by atoms with Gasteiger partial charge in [0.05, 0.1) is 10.2 Å². The highest BCUT2D eigenvalue weighted by Gasteiger charge is 2.08. The van der Waals surface area contributed by atoms with Gasteiger partial charge in [-0.1, -0.05) is 29.0 Å². The standard InChI is InChI=1S/C18H17ClN2OS2/c1-12-4-9-15-16(11-12)24-18(20-15)21-17(22)3-2-10-23-14-7-5-13(19)6-8-14/h4-9,11H,2-3,10H2,1H3,(H,20,21,22). The minimum absolute atomic E-state index is 0.0162. The highest BCUT2D eigenvalue weighted by Crippen LogP contribution is 2.27. The summed E-state index contributed by atoms with van der Waals surface area (Å²) in [6, 6.07) is 13.9. The molecule has 0 spiro atoms. The minimum atomic E-state index is 0.0162. The number of fused-ring (bicyclic) bond motifs is 1. The van der Waals surface area contributed by atoms with Crippen LogP contribution < -0.4 is 5.32 Å². The van der Waals surface area contributed by atoms with E-state index in [1.807, 2.05) is 36.4 Å². The fraction of sp³-hybridized carbons (Fsp3) is 0.222. The number of carbonyl (C=O) groups is 1. The lowest BCUT2D eigenvalue weighted by molar-refractivity contribution is -0.116. The van der Waals surface area contributed by atoms with E-state index in [0.717, 1.165) is 27.4 Å². The van der Waals surface area contributed by atoms with Crippen LogP contribution in [0.2, 0.25) is 5.02 Å². The smallest absolute Gasteiger partial charge is 0.226 e. The van der Waals surface area contributed by atoms with Gasteiger partial charge in [-0.05, 0) is 61.1 Å². The summed E-state index contributed by atoms with van der Waals surface area (Å²) in [6.07, 6.45) is 1.32. The first-order valence-electron chi connectivity index (χ1n) is 7.65. The Balaban J connectivity index is 1.45. The van der Waals surface area contributed by atoms with Crippen molar-refractivity contribution < 1.29 is 4.79 Å². The molecule has 0 aliphatic rings. The number of nitrogens with zero attached hydrogens (tertiary/aromatic N) is 1. The second kappa shape index (κ2) is 8.01. The maximum absolute atomic E-state index is 12.0. The summed E-state index contributed by atoms with van der Waals surface area (Å²) < 4.78 is 1.10. The molecule has 1 heterocycles. The van der Waals surface area contributed by atoms with Crippen LogP contribution in [0.25, 0.3) is 10.2 Å². The van der Waals surface area contributed by atoms with Crippen molar-refractivity contribution in [3.05, 3.63) is 53.1 Å². The molecule has 3 aromatic rings. The highest BCUT2D eigenvalue weighted by atomic mass is 35.5. The van der Waals surface area contributed by atoms with E-state index >= 15 is 0 Å². The second-order valence-corrected chi connectivity index (χ2v) is 8.08. The average Bonchev–Trinajstić information content (AvgIpc) is 2.94. The van der Waals surface area contributed by atoms with Crippen molar-refractivity contribution in [1.82, 2.24) is 4.98 Å². The number of rotatable bonds is 6. The van der Waals surface area contributed by atoms with Gasteiger partial charge in [0.15, 0.2) is 5.13 Å². The molecule has 0 aliphatic carbocycles.